The van der Waals surface area contributed by atoms with E-state index in [1.165, 1.54) is 4.88 Å². The van der Waals surface area contributed by atoms with Crippen molar-refractivity contribution in [1.82, 2.24) is 9.99 Å². The fraction of sp³-hybridized carbons (Fsp3) is 0.296. The highest BCUT2D eigenvalue weighted by atomic mass is 127. The van der Waals surface area contributed by atoms with E-state index in [2.05, 4.69) is 53.6 Å². The number of furan rings is 1. The molecule has 5 rings (SSSR count). The number of hydrogen-bond donors (Lipinski definition) is 1. The number of aryl methyl sites for hydroxylation is 2. The fourth-order valence-corrected chi connectivity index (χ4v) is 7.91. The first-order valence-electron chi connectivity index (χ1n) is 12.0. The number of benzene rings is 1. The van der Waals surface area contributed by atoms with Gasteiger partial charge >= 0.3 is 11.9 Å². The molecule has 3 heterocycles. The fourth-order valence-electron chi connectivity index (χ4n) is 4.76. The summed E-state index contributed by atoms with van der Waals surface area (Å²) in [7, 11) is 0. The van der Waals surface area contributed by atoms with E-state index in [1.54, 1.807) is 23.6 Å². The Bertz CT molecular complexity index is 1570. The predicted molar refractivity (Wildman–Crippen MR) is 157 cm³/mol. The Balaban J connectivity index is 1.42. The van der Waals surface area contributed by atoms with Gasteiger partial charge in [-0.1, -0.05) is 15.9 Å². The standard InChI is InChI=1S/C27H25BrIN3O4S/c1-4-35-27(34)23-19-7-5-6-8-22(19)37-26(23)32-14(2)9-17(15(32)3)13-30-31-25(33)21-11-16-10-18(28)12-20(29)24(16)36-21/h9-13H,4-8H2,1-3H3,(H,31,33)/b30-13-. The number of hydrazone groups is 1. The molecule has 3 aromatic heterocycles. The lowest BCUT2D eigenvalue weighted by Crippen LogP contribution is -2.16. The monoisotopic (exact) mass is 693 g/mol. The summed E-state index contributed by atoms with van der Waals surface area (Å²) in [5.74, 6) is -0.500. The Morgan fingerprint density at radius 2 is 2.03 bits per heavy atom. The van der Waals surface area contributed by atoms with Crippen molar-refractivity contribution in [3.05, 3.63) is 71.0 Å². The van der Waals surface area contributed by atoms with Gasteiger partial charge in [0, 0.05) is 31.7 Å². The maximum atomic E-state index is 13.0. The van der Waals surface area contributed by atoms with Gasteiger partial charge in [0.15, 0.2) is 5.76 Å². The molecule has 37 heavy (non-hydrogen) atoms. The highest BCUT2D eigenvalue weighted by Gasteiger charge is 2.28. The van der Waals surface area contributed by atoms with E-state index in [-0.39, 0.29) is 11.7 Å². The van der Waals surface area contributed by atoms with Crippen LogP contribution in [0.25, 0.3) is 16.0 Å². The first-order chi connectivity index (χ1) is 17.8. The Hall–Kier alpha value is -2.44. The van der Waals surface area contributed by atoms with Crippen molar-refractivity contribution in [2.45, 2.75) is 46.5 Å². The number of amides is 1. The average Bonchev–Trinajstić information content (AvgIpc) is 3.52. The SMILES string of the molecule is CCOC(=O)c1c(-n2c(C)cc(/C=N\NC(=O)c3cc4cc(Br)cc(I)c4o3)c2C)sc2c1CCCC2. The molecule has 0 aliphatic heterocycles. The molecule has 0 fully saturated rings. The van der Waals surface area contributed by atoms with E-state index < -0.39 is 5.91 Å². The van der Waals surface area contributed by atoms with E-state index in [1.807, 2.05) is 39.0 Å². The number of rotatable bonds is 6. The Labute approximate surface area is 240 Å². The molecule has 7 nitrogen and oxygen atoms in total. The van der Waals surface area contributed by atoms with Gasteiger partial charge in [-0.2, -0.15) is 5.10 Å². The van der Waals surface area contributed by atoms with Gasteiger partial charge in [-0.3, -0.25) is 4.79 Å². The number of aromatic nitrogens is 1. The minimum Gasteiger partial charge on any atom is -0.462 e. The molecule has 0 saturated carbocycles. The molecular formula is C27H25BrIN3O4S. The molecule has 0 bridgehead atoms. The van der Waals surface area contributed by atoms with Crippen molar-refractivity contribution in [2.75, 3.05) is 6.61 Å². The molecule has 0 spiro atoms. The van der Waals surface area contributed by atoms with E-state index in [0.29, 0.717) is 17.8 Å². The van der Waals surface area contributed by atoms with E-state index in [4.69, 9.17) is 9.15 Å². The van der Waals surface area contributed by atoms with Gasteiger partial charge in [0.05, 0.1) is 22.0 Å². The topological polar surface area (TPSA) is 85.8 Å². The smallest absolute Gasteiger partial charge is 0.341 e. The van der Waals surface area contributed by atoms with Crippen LogP contribution >= 0.6 is 49.9 Å². The van der Waals surface area contributed by atoms with Crippen molar-refractivity contribution in [2.24, 2.45) is 5.10 Å². The number of halogens is 2. The largest absolute Gasteiger partial charge is 0.462 e. The highest BCUT2D eigenvalue weighted by Crippen LogP contribution is 2.39. The lowest BCUT2D eigenvalue weighted by Gasteiger charge is -2.13. The van der Waals surface area contributed by atoms with Crippen LogP contribution in [0.15, 0.2) is 38.3 Å². The van der Waals surface area contributed by atoms with Gasteiger partial charge in [0.1, 0.15) is 10.6 Å². The zero-order valence-corrected chi connectivity index (χ0v) is 25.2. The molecular weight excluding hydrogens is 669 g/mol. The molecule has 0 atom stereocenters. The molecule has 1 aliphatic carbocycles. The third-order valence-electron chi connectivity index (χ3n) is 6.43. The minimum atomic E-state index is -0.427. The van der Waals surface area contributed by atoms with Gasteiger partial charge < -0.3 is 13.7 Å². The van der Waals surface area contributed by atoms with Crippen molar-refractivity contribution >= 4 is 78.9 Å². The summed E-state index contributed by atoms with van der Waals surface area (Å²) in [4.78, 5) is 26.9. The van der Waals surface area contributed by atoms with Crippen LogP contribution in [0.3, 0.4) is 0 Å². The van der Waals surface area contributed by atoms with Crippen LogP contribution in [0.1, 0.15) is 68.1 Å². The summed E-state index contributed by atoms with van der Waals surface area (Å²) in [6.07, 6.45) is 5.73. The molecule has 1 N–H and O–H groups in total. The second kappa shape index (κ2) is 10.7. The molecule has 0 saturated heterocycles. The molecule has 192 valence electrons. The van der Waals surface area contributed by atoms with Gasteiger partial charge in [-0.05, 0) is 98.9 Å². The summed E-state index contributed by atoms with van der Waals surface area (Å²) in [5, 5.41) is 5.93. The van der Waals surface area contributed by atoms with E-state index in [0.717, 1.165) is 66.6 Å². The maximum absolute atomic E-state index is 13.0. The van der Waals surface area contributed by atoms with Gasteiger partial charge in [-0.25, -0.2) is 10.2 Å². The number of fused-ring (bicyclic) bond motifs is 2. The third-order valence-corrected chi connectivity index (χ3v) is 8.97. The normalized spacial score (nSPS) is 13.3. The summed E-state index contributed by atoms with van der Waals surface area (Å²) in [5.41, 5.74) is 7.81. The summed E-state index contributed by atoms with van der Waals surface area (Å²) >= 11 is 7.32. The van der Waals surface area contributed by atoms with Gasteiger partial charge in [0.25, 0.3) is 0 Å². The average molecular weight is 694 g/mol. The molecule has 0 unspecified atom stereocenters. The number of nitrogens with zero attached hydrogens (tertiary/aromatic N) is 2. The third kappa shape index (κ3) is 5.03. The number of ether oxygens (including phenoxy) is 1. The van der Waals surface area contributed by atoms with Crippen LogP contribution in [0, 0.1) is 17.4 Å². The Morgan fingerprint density at radius 3 is 2.81 bits per heavy atom. The van der Waals surface area contributed by atoms with Crippen LogP contribution < -0.4 is 5.43 Å². The van der Waals surface area contributed by atoms with Crippen molar-refractivity contribution in [1.29, 1.82) is 0 Å². The molecule has 1 aromatic carbocycles. The van der Waals surface area contributed by atoms with Crippen LogP contribution in [0.5, 0.6) is 0 Å². The highest BCUT2D eigenvalue weighted by molar-refractivity contribution is 14.1. The van der Waals surface area contributed by atoms with Gasteiger partial charge in [-0.15, -0.1) is 11.3 Å². The quantitative estimate of drug-likeness (QED) is 0.101. The van der Waals surface area contributed by atoms with E-state index in [9.17, 15) is 9.59 Å². The van der Waals surface area contributed by atoms with Gasteiger partial charge in [0.2, 0.25) is 0 Å². The van der Waals surface area contributed by atoms with Crippen molar-refractivity contribution in [3.63, 3.8) is 0 Å². The summed E-state index contributed by atoms with van der Waals surface area (Å²) < 4.78 is 15.1. The first kappa shape index (κ1) is 26.2. The van der Waals surface area contributed by atoms with E-state index >= 15 is 0 Å². The van der Waals surface area contributed by atoms with Crippen LogP contribution in [-0.4, -0.2) is 29.3 Å². The zero-order valence-electron chi connectivity index (χ0n) is 20.6. The Kier molecular flexibility index (Phi) is 7.60. The van der Waals surface area contributed by atoms with Crippen molar-refractivity contribution < 1.29 is 18.7 Å². The second-order valence-corrected chi connectivity index (χ2v) is 12.1. The number of hydrogen-bond acceptors (Lipinski definition) is 6. The molecule has 1 amide bonds. The van der Waals surface area contributed by atoms with Crippen LogP contribution in [0.4, 0.5) is 0 Å². The molecule has 1 aliphatic rings. The number of carbonyl (C=O) groups is 2. The summed E-state index contributed by atoms with van der Waals surface area (Å²) in [6, 6.07) is 7.54. The molecule has 10 heteroatoms. The first-order valence-corrected chi connectivity index (χ1v) is 14.7. The molecule has 0 radical (unpaired) electrons. The number of nitrogens with one attached hydrogen (secondary N) is 1. The predicted octanol–water partition coefficient (Wildman–Crippen LogP) is 7.09. The summed E-state index contributed by atoms with van der Waals surface area (Å²) in [6.45, 7) is 6.16. The van der Waals surface area contributed by atoms with Crippen molar-refractivity contribution in [3.8, 4) is 5.00 Å². The number of carbonyl (C=O) groups excluding carboxylic acids is 2. The lowest BCUT2D eigenvalue weighted by atomic mass is 9.95. The second-order valence-electron chi connectivity index (χ2n) is 8.89. The number of thiophene rings is 1. The molecule has 4 aromatic rings. The zero-order chi connectivity index (χ0) is 26.3. The van der Waals surface area contributed by atoms with Crippen LogP contribution in [0.2, 0.25) is 0 Å². The number of esters is 1. The Morgan fingerprint density at radius 1 is 1.24 bits per heavy atom. The van der Waals surface area contributed by atoms with Crippen LogP contribution in [-0.2, 0) is 17.6 Å². The lowest BCUT2D eigenvalue weighted by molar-refractivity contribution is 0.0525. The minimum absolute atomic E-state index is 0.192. The maximum Gasteiger partial charge on any atom is 0.341 e.